The van der Waals surface area contributed by atoms with E-state index in [1.165, 1.54) is 10.7 Å². The lowest BCUT2D eigenvalue weighted by atomic mass is 9.85. The minimum atomic E-state index is -3.70. The fourth-order valence-corrected chi connectivity index (χ4v) is 5.70. The Kier molecular flexibility index (Phi) is 6.60. The van der Waals surface area contributed by atoms with Crippen molar-refractivity contribution in [1.82, 2.24) is 14.5 Å². The zero-order valence-electron chi connectivity index (χ0n) is 16.6. The lowest BCUT2D eigenvalue weighted by Gasteiger charge is -2.37. The summed E-state index contributed by atoms with van der Waals surface area (Å²) in [6, 6.07) is 7.25. The van der Waals surface area contributed by atoms with Crippen LogP contribution in [0.3, 0.4) is 0 Å². The Labute approximate surface area is 173 Å². The second-order valence-electron chi connectivity index (χ2n) is 7.80. The first-order valence-corrected chi connectivity index (χ1v) is 11.9. The number of benzene rings is 1. The number of sulfonamides is 1. The van der Waals surface area contributed by atoms with Gasteiger partial charge in [-0.25, -0.2) is 12.7 Å². The summed E-state index contributed by atoms with van der Waals surface area (Å²) in [6.45, 7) is 5.74. The first-order valence-electron chi connectivity index (χ1n) is 10.0. The molecule has 0 aromatic heterocycles. The average Bonchev–Trinajstić information content (AvgIpc) is 3.04. The van der Waals surface area contributed by atoms with Crippen molar-refractivity contribution in [2.24, 2.45) is 5.92 Å². The Hall–Kier alpha value is -1.67. The maximum absolute atomic E-state index is 13.1. The van der Waals surface area contributed by atoms with Gasteiger partial charge in [-0.3, -0.25) is 5.41 Å². The molecule has 28 heavy (non-hydrogen) atoms. The van der Waals surface area contributed by atoms with Gasteiger partial charge in [0.05, 0.1) is 16.4 Å². The number of nitrogens with one attached hydrogen (secondary N) is 2. The Morgan fingerprint density at radius 3 is 2.54 bits per heavy atom. The van der Waals surface area contributed by atoms with Crippen LogP contribution in [-0.4, -0.2) is 54.2 Å². The van der Waals surface area contributed by atoms with Crippen LogP contribution in [-0.2, 0) is 16.4 Å². The third kappa shape index (κ3) is 4.49. The molecule has 2 atom stereocenters. The summed E-state index contributed by atoms with van der Waals surface area (Å²) >= 11 is 5.00. The maximum Gasteiger partial charge on any atom is 0.266 e. The highest BCUT2D eigenvalue weighted by atomic mass is 32.2. The van der Waals surface area contributed by atoms with Gasteiger partial charge in [0.1, 0.15) is 0 Å². The molecule has 0 bridgehead atoms. The molecule has 3 rings (SSSR count). The Morgan fingerprint density at radius 1 is 1.21 bits per heavy atom. The quantitative estimate of drug-likeness (QED) is 0.689. The van der Waals surface area contributed by atoms with Crippen molar-refractivity contribution in [3.8, 4) is 0 Å². The molecule has 0 radical (unpaired) electrons. The molecule has 0 amide bonds. The molecule has 1 aromatic carbocycles. The van der Waals surface area contributed by atoms with Gasteiger partial charge in [0.15, 0.2) is 0 Å². The van der Waals surface area contributed by atoms with E-state index in [1.54, 1.807) is 12.1 Å². The SMILES string of the molecule is CC(=S)NCCc1ccc(S(=O)(=O)N2CCN(C3CCCCC3C)C2=N)cc1. The second-order valence-corrected chi connectivity index (χ2v) is 10.3. The van der Waals surface area contributed by atoms with E-state index in [-0.39, 0.29) is 16.9 Å². The van der Waals surface area contributed by atoms with Crippen LogP contribution < -0.4 is 5.32 Å². The Bertz CT molecular complexity index is 823. The van der Waals surface area contributed by atoms with Crippen molar-refractivity contribution in [2.45, 2.75) is 56.9 Å². The highest BCUT2D eigenvalue weighted by molar-refractivity contribution is 7.89. The van der Waals surface area contributed by atoms with Crippen LogP contribution in [0.4, 0.5) is 0 Å². The van der Waals surface area contributed by atoms with Crippen LogP contribution in [0.25, 0.3) is 0 Å². The van der Waals surface area contributed by atoms with Crippen LogP contribution in [0.1, 0.15) is 45.1 Å². The molecule has 1 saturated heterocycles. The lowest BCUT2D eigenvalue weighted by Crippen LogP contribution is -2.45. The average molecular weight is 423 g/mol. The largest absolute Gasteiger partial charge is 0.380 e. The third-order valence-corrected chi connectivity index (χ3v) is 7.77. The molecule has 2 unspecified atom stereocenters. The predicted octanol–water partition coefficient (Wildman–Crippen LogP) is 2.99. The van der Waals surface area contributed by atoms with Crippen LogP contribution in [0.5, 0.6) is 0 Å². The second kappa shape index (κ2) is 8.78. The smallest absolute Gasteiger partial charge is 0.266 e. The minimum absolute atomic E-state index is 0.128. The van der Waals surface area contributed by atoms with E-state index in [1.807, 2.05) is 24.0 Å². The predicted molar refractivity (Wildman–Crippen MR) is 116 cm³/mol. The van der Waals surface area contributed by atoms with Crippen LogP contribution in [0, 0.1) is 11.3 Å². The molecule has 0 spiro atoms. The van der Waals surface area contributed by atoms with Crippen molar-refractivity contribution >= 4 is 33.2 Å². The molecule has 8 heteroatoms. The van der Waals surface area contributed by atoms with Crippen molar-refractivity contribution < 1.29 is 8.42 Å². The number of nitrogens with zero attached hydrogens (tertiary/aromatic N) is 2. The van der Waals surface area contributed by atoms with Crippen molar-refractivity contribution in [3.05, 3.63) is 29.8 Å². The summed E-state index contributed by atoms with van der Waals surface area (Å²) in [4.78, 5) is 3.00. The van der Waals surface area contributed by atoms with Crippen LogP contribution in [0.2, 0.25) is 0 Å². The van der Waals surface area contributed by atoms with E-state index in [2.05, 4.69) is 12.2 Å². The molecule has 1 saturated carbocycles. The highest BCUT2D eigenvalue weighted by Gasteiger charge is 2.40. The maximum atomic E-state index is 13.1. The number of guanidine groups is 1. The molecule has 2 aliphatic rings. The van der Waals surface area contributed by atoms with E-state index in [0.717, 1.165) is 42.8 Å². The van der Waals surface area contributed by atoms with Gasteiger partial charge >= 0.3 is 0 Å². The molecule has 2 N–H and O–H groups in total. The normalized spacial score (nSPS) is 23.1. The topological polar surface area (TPSA) is 76.5 Å². The van der Waals surface area contributed by atoms with Crippen molar-refractivity contribution in [1.29, 1.82) is 5.41 Å². The molecule has 1 heterocycles. The van der Waals surface area contributed by atoms with Gasteiger partial charge in [0.2, 0.25) is 5.96 Å². The molecule has 1 aliphatic carbocycles. The van der Waals surface area contributed by atoms with E-state index in [0.29, 0.717) is 19.0 Å². The van der Waals surface area contributed by atoms with Gasteiger partial charge in [0.25, 0.3) is 10.0 Å². The lowest BCUT2D eigenvalue weighted by molar-refractivity contribution is 0.192. The van der Waals surface area contributed by atoms with Crippen LogP contribution in [0.15, 0.2) is 29.2 Å². The molecule has 154 valence electrons. The van der Waals surface area contributed by atoms with Crippen LogP contribution >= 0.6 is 12.2 Å². The molecule has 1 aliphatic heterocycles. The number of hydrogen-bond acceptors (Lipinski definition) is 4. The van der Waals surface area contributed by atoms with Gasteiger partial charge < -0.3 is 10.2 Å². The first kappa shape index (κ1) is 21.0. The summed E-state index contributed by atoms with van der Waals surface area (Å²) in [5.41, 5.74) is 1.05. The molecule has 1 aromatic rings. The first-order chi connectivity index (χ1) is 13.3. The highest BCUT2D eigenvalue weighted by Crippen LogP contribution is 2.31. The van der Waals surface area contributed by atoms with Crippen molar-refractivity contribution in [3.63, 3.8) is 0 Å². The van der Waals surface area contributed by atoms with Gasteiger partial charge in [-0.1, -0.05) is 44.1 Å². The van der Waals surface area contributed by atoms with Crippen molar-refractivity contribution in [2.75, 3.05) is 19.6 Å². The standard InChI is InChI=1S/C20H30N4O2S2/c1-15-5-3-4-6-19(15)23-13-14-24(20(23)21)28(25,26)18-9-7-17(8-10-18)11-12-22-16(2)27/h7-10,15,19,21H,3-6,11-14H2,1-2H3,(H,22,27). The molecule has 2 fully saturated rings. The Balaban J connectivity index is 1.69. The van der Waals surface area contributed by atoms with E-state index in [4.69, 9.17) is 17.6 Å². The zero-order valence-corrected chi connectivity index (χ0v) is 18.3. The van der Waals surface area contributed by atoms with Gasteiger partial charge in [-0.2, -0.15) is 0 Å². The summed E-state index contributed by atoms with van der Waals surface area (Å²) in [5, 5.41) is 11.6. The molecule has 6 nitrogen and oxygen atoms in total. The number of hydrogen-bond donors (Lipinski definition) is 2. The van der Waals surface area contributed by atoms with E-state index >= 15 is 0 Å². The summed E-state index contributed by atoms with van der Waals surface area (Å²) in [5.74, 6) is 0.629. The monoisotopic (exact) mass is 422 g/mol. The third-order valence-electron chi connectivity index (χ3n) is 5.82. The van der Waals surface area contributed by atoms with E-state index < -0.39 is 10.0 Å². The fraction of sp³-hybridized carbons (Fsp3) is 0.600. The summed E-state index contributed by atoms with van der Waals surface area (Å²) in [7, 11) is -3.70. The zero-order chi connectivity index (χ0) is 20.3. The van der Waals surface area contributed by atoms with Gasteiger partial charge in [-0.05, 0) is 49.8 Å². The molecular formula is C20H30N4O2S2. The summed E-state index contributed by atoms with van der Waals surface area (Å²) in [6.07, 6.45) is 5.36. The molecular weight excluding hydrogens is 392 g/mol. The van der Waals surface area contributed by atoms with Gasteiger partial charge in [-0.15, -0.1) is 0 Å². The Morgan fingerprint density at radius 2 is 1.89 bits per heavy atom. The van der Waals surface area contributed by atoms with Gasteiger partial charge in [0, 0.05) is 19.1 Å². The minimum Gasteiger partial charge on any atom is -0.380 e. The fourth-order valence-electron chi connectivity index (χ4n) is 4.21. The van der Waals surface area contributed by atoms with E-state index in [9.17, 15) is 8.42 Å². The number of rotatable bonds is 6. The number of thiocarbonyl (C=S) groups is 1. The summed E-state index contributed by atoms with van der Waals surface area (Å²) < 4.78 is 27.5.